The molecule has 94 valence electrons. The number of fused-ring (bicyclic) bond motifs is 1. The van der Waals surface area contributed by atoms with Crippen LogP contribution in [0.2, 0.25) is 0 Å². The van der Waals surface area contributed by atoms with Gasteiger partial charge < -0.3 is 15.6 Å². The topological polar surface area (TPSA) is 56.9 Å². The number of rotatable bonds is 2. The molecule has 0 saturated carbocycles. The van der Waals surface area contributed by atoms with E-state index in [9.17, 15) is 4.79 Å². The summed E-state index contributed by atoms with van der Waals surface area (Å²) in [5, 5.41) is 8.49. The predicted octanol–water partition coefficient (Wildman–Crippen LogP) is 1.65. The maximum atomic E-state index is 12.3. The minimum atomic E-state index is 0.0344. The van der Waals surface area contributed by atoms with Crippen molar-refractivity contribution in [3.8, 4) is 0 Å². The molecule has 1 aromatic heterocycles. The smallest absolute Gasteiger partial charge is 0.252 e. The largest absolute Gasteiger partial charge is 0.366 e. The van der Waals surface area contributed by atoms with Gasteiger partial charge in [0.15, 0.2) is 0 Å². The van der Waals surface area contributed by atoms with Crippen molar-refractivity contribution in [3.05, 3.63) is 36.2 Å². The van der Waals surface area contributed by atoms with Gasteiger partial charge in [0, 0.05) is 29.4 Å². The van der Waals surface area contributed by atoms with Gasteiger partial charge in [0.2, 0.25) is 0 Å². The SMILES string of the molecule is O=C(NC1CCNCC1)c1cccc2c[nH]cc12. The molecular weight excluding hydrogens is 226 g/mol. The third-order valence-corrected chi connectivity index (χ3v) is 3.53. The van der Waals surface area contributed by atoms with Crippen molar-refractivity contribution < 1.29 is 4.79 Å². The highest BCUT2D eigenvalue weighted by molar-refractivity contribution is 6.07. The van der Waals surface area contributed by atoms with E-state index in [0.29, 0.717) is 6.04 Å². The Kier molecular flexibility index (Phi) is 3.02. The first kappa shape index (κ1) is 11.3. The van der Waals surface area contributed by atoms with E-state index < -0.39 is 0 Å². The summed E-state index contributed by atoms with van der Waals surface area (Å²) in [4.78, 5) is 15.3. The average Bonchev–Trinajstić information content (AvgIpc) is 2.87. The Balaban J connectivity index is 1.81. The Morgan fingerprint density at radius 1 is 1.22 bits per heavy atom. The second-order valence-corrected chi connectivity index (χ2v) is 4.76. The van der Waals surface area contributed by atoms with E-state index in [1.165, 1.54) is 0 Å². The lowest BCUT2D eigenvalue weighted by atomic mass is 10.0. The van der Waals surface area contributed by atoms with Gasteiger partial charge >= 0.3 is 0 Å². The van der Waals surface area contributed by atoms with E-state index in [2.05, 4.69) is 15.6 Å². The van der Waals surface area contributed by atoms with Crippen molar-refractivity contribution in [1.29, 1.82) is 0 Å². The number of hydrogen-bond acceptors (Lipinski definition) is 2. The molecule has 2 aromatic rings. The van der Waals surface area contributed by atoms with Crippen LogP contribution in [0.5, 0.6) is 0 Å². The summed E-state index contributed by atoms with van der Waals surface area (Å²) >= 11 is 0. The van der Waals surface area contributed by atoms with E-state index in [4.69, 9.17) is 0 Å². The van der Waals surface area contributed by atoms with Crippen LogP contribution in [0.25, 0.3) is 10.8 Å². The Bertz CT molecular complexity index is 555. The van der Waals surface area contributed by atoms with Gasteiger partial charge in [-0.15, -0.1) is 0 Å². The normalized spacial score (nSPS) is 16.9. The van der Waals surface area contributed by atoms with Crippen LogP contribution < -0.4 is 10.6 Å². The van der Waals surface area contributed by atoms with Crippen LogP contribution >= 0.6 is 0 Å². The molecule has 1 amide bonds. The molecule has 1 saturated heterocycles. The summed E-state index contributed by atoms with van der Waals surface area (Å²) in [6, 6.07) is 6.11. The average molecular weight is 243 g/mol. The molecule has 0 radical (unpaired) electrons. The van der Waals surface area contributed by atoms with Crippen molar-refractivity contribution in [1.82, 2.24) is 15.6 Å². The highest BCUT2D eigenvalue weighted by Crippen LogP contribution is 2.18. The summed E-state index contributed by atoms with van der Waals surface area (Å²) in [6.07, 6.45) is 5.81. The maximum Gasteiger partial charge on any atom is 0.252 e. The van der Waals surface area contributed by atoms with Gasteiger partial charge in [-0.1, -0.05) is 12.1 Å². The Morgan fingerprint density at radius 3 is 2.89 bits per heavy atom. The van der Waals surface area contributed by atoms with Crippen molar-refractivity contribution in [2.75, 3.05) is 13.1 Å². The van der Waals surface area contributed by atoms with Crippen LogP contribution in [-0.2, 0) is 0 Å². The number of benzene rings is 1. The zero-order valence-corrected chi connectivity index (χ0v) is 10.2. The third kappa shape index (κ3) is 2.11. The van der Waals surface area contributed by atoms with E-state index in [-0.39, 0.29) is 5.91 Å². The number of piperidine rings is 1. The molecule has 4 nitrogen and oxygen atoms in total. The number of carbonyl (C=O) groups excluding carboxylic acids is 1. The second kappa shape index (κ2) is 4.82. The monoisotopic (exact) mass is 243 g/mol. The first-order valence-corrected chi connectivity index (χ1v) is 6.42. The fourth-order valence-corrected chi connectivity index (χ4v) is 2.51. The van der Waals surface area contributed by atoms with Crippen LogP contribution in [0.1, 0.15) is 23.2 Å². The predicted molar refractivity (Wildman–Crippen MR) is 71.7 cm³/mol. The molecule has 1 fully saturated rings. The van der Waals surface area contributed by atoms with Gasteiger partial charge in [-0.25, -0.2) is 0 Å². The molecule has 4 heteroatoms. The number of carbonyl (C=O) groups is 1. The highest BCUT2D eigenvalue weighted by atomic mass is 16.1. The summed E-state index contributed by atoms with van der Waals surface area (Å²) in [5.74, 6) is 0.0344. The van der Waals surface area contributed by atoms with Crippen LogP contribution in [0, 0.1) is 0 Å². The van der Waals surface area contributed by atoms with Gasteiger partial charge in [0.25, 0.3) is 5.91 Å². The van der Waals surface area contributed by atoms with Gasteiger partial charge in [0.1, 0.15) is 0 Å². The van der Waals surface area contributed by atoms with Gasteiger partial charge in [-0.05, 0) is 37.4 Å². The van der Waals surface area contributed by atoms with Gasteiger partial charge in [-0.3, -0.25) is 4.79 Å². The zero-order valence-electron chi connectivity index (χ0n) is 10.2. The molecule has 0 unspecified atom stereocenters. The van der Waals surface area contributed by atoms with Crippen molar-refractivity contribution in [2.45, 2.75) is 18.9 Å². The maximum absolute atomic E-state index is 12.3. The standard InChI is InChI=1S/C14H17N3O/c18-14(17-11-4-6-15-7-5-11)12-3-1-2-10-8-16-9-13(10)12/h1-3,8-9,11,15-16H,4-7H2,(H,17,18). The zero-order chi connectivity index (χ0) is 12.4. The van der Waals surface area contributed by atoms with Crippen LogP contribution in [0.4, 0.5) is 0 Å². The van der Waals surface area contributed by atoms with E-state index in [1.54, 1.807) is 0 Å². The van der Waals surface area contributed by atoms with E-state index in [1.807, 2.05) is 30.6 Å². The van der Waals surface area contributed by atoms with Gasteiger partial charge in [-0.2, -0.15) is 0 Å². The Morgan fingerprint density at radius 2 is 2.06 bits per heavy atom. The fraction of sp³-hybridized carbons (Fsp3) is 0.357. The number of aromatic amines is 1. The molecule has 1 aliphatic rings. The summed E-state index contributed by atoms with van der Waals surface area (Å²) in [7, 11) is 0. The lowest BCUT2D eigenvalue weighted by Crippen LogP contribution is -2.42. The molecule has 0 atom stereocenters. The number of aromatic nitrogens is 1. The quantitative estimate of drug-likeness (QED) is 0.751. The molecule has 2 heterocycles. The number of nitrogens with one attached hydrogen (secondary N) is 3. The third-order valence-electron chi connectivity index (χ3n) is 3.53. The first-order chi connectivity index (χ1) is 8.84. The molecule has 3 N–H and O–H groups in total. The van der Waals surface area contributed by atoms with E-state index in [0.717, 1.165) is 42.3 Å². The molecule has 1 aromatic carbocycles. The minimum Gasteiger partial charge on any atom is -0.366 e. The molecule has 0 aliphatic carbocycles. The second-order valence-electron chi connectivity index (χ2n) is 4.76. The lowest BCUT2D eigenvalue weighted by Gasteiger charge is -2.23. The number of H-pyrrole nitrogens is 1. The molecular formula is C14H17N3O. The Labute approximate surface area is 106 Å². The highest BCUT2D eigenvalue weighted by Gasteiger charge is 2.17. The summed E-state index contributed by atoms with van der Waals surface area (Å²) < 4.78 is 0. The fourth-order valence-electron chi connectivity index (χ4n) is 2.51. The molecule has 3 rings (SSSR count). The van der Waals surface area contributed by atoms with Crippen LogP contribution in [0.3, 0.4) is 0 Å². The Hall–Kier alpha value is -1.81. The molecule has 1 aliphatic heterocycles. The lowest BCUT2D eigenvalue weighted by molar-refractivity contribution is 0.0931. The summed E-state index contributed by atoms with van der Waals surface area (Å²) in [5.41, 5.74) is 0.757. The first-order valence-electron chi connectivity index (χ1n) is 6.42. The van der Waals surface area contributed by atoms with E-state index >= 15 is 0 Å². The minimum absolute atomic E-state index is 0.0344. The van der Waals surface area contributed by atoms with Crippen LogP contribution in [-0.4, -0.2) is 30.0 Å². The van der Waals surface area contributed by atoms with Crippen molar-refractivity contribution in [2.24, 2.45) is 0 Å². The molecule has 0 bridgehead atoms. The van der Waals surface area contributed by atoms with Crippen molar-refractivity contribution >= 4 is 16.7 Å². The van der Waals surface area contributed by atoms with Crippen LogP contribution in [0.15, 0.2) is 30.6 Å². The summed E-state index contributed by atoms with van der Waals surface area (Å²) in [6.45, 7) is 1.97. The van der Waals surface area contributed by atoms with Gasteiger partial charge in [0.05, 0.1) is 0 Å². The molecule has 18 heavy (non-hydrogen) atoms. The number of amides is 1. The number of hydrogen-bond donors (Lipinski definition) is 3. The molecule has 0 spiro atoms. The van der Waals surface area contributed by atoms with Crippen molar-refractivity contribution in [3.63, 3.8) is 0 Å².